The quantitative estimate of drug-likeness (QED) is 0.106. The summed E-state index contributed by atoms with van der Waals surface area (Å²) >= 11 is 0. The van der Waals surface area contributed by atoms with Gasteiger partial charge in [-0.1, -0.05) is 26.7 Å². The Morgan fingerprint density at radius 3 is 1.10 bits per heavy atom. The standard InChI is InChI=1S/C36H46N2O12/c1-9-15-19-21(17-23(33(41)47-11-3)34(42)48-12-4)31(45-7)37-27-25(19)29(39)26-20(16-10-2)22(32(46-8)38-28(26)30(27)40)18-24(35(43)49-13-5)36(44)50-14-6/h23-24H,9-18H2,1-8H3. The van der Waals surface area contributed by atoms with E-state index < -0.39 is 47.3 Å². The average molecular weight is 699 g/mol. The molecule has 1 aliphatic rings. The van der Waals surface area contributed by atoms with Crippen molar-refractivity contribution in [2.45, 2.75) is 80.1 Å². The van der Waals surface area contributed by atoms with Crippen LogP contribution in [0.5, 0.6) is 11.8 Å². The van der Waals surface area contributed by atoms with E-state index in [9.17, 15) is 28.8 Å². The smallest absolute Gasteiger partial charge is 0.320 e. The number of carbonyl (C=O) groups is 6. The van der Waals surface area contributed by atoms with Crippen LogP contribution in [0.3, 0.4) is 0 Å². The highest BCUT2D eigenvalue weighted by atomic mass is 16.6. The van der Waals surface area contributed by atoms with E-state index in [1.807, 2.05) is 13.8 Å². The first-order valence-corrected chi connectivity index (χ1v) is 16.9. The molecule has 0 radical (unpaired) electrons. The number of carbonyl (C=O) groups excluding carboxylic acids is 6. The summed E-state index contributed by atoms with van der Waals surface area (Å²) in [5.74, 6) is -7.36. The molecule has 272 valence electrons. The number of pyridine rings is 2. The molecule has 2 aromatic rings. The molecule has 0 amide bonds. The fourth-order valence-corrected chi connectivity index (χ4v) is 6.07. The summed E-state index contributed by atoms with van der Waals surface area (Å²) in [5.41, 5.74) is 0.926. The molecule has 0 aromatic carbocycles. The molecular weight excluding hydrogens is 652 g/mol. The number of nitrogens with zero attached hydrogens (tertiary/aromatic N) is 2. The van der Waals surface area contributed by atoms with Crippen molar-refractivity contribution in [1.82, 2.24) is 9.97 Å². The van der Waals surface area contributed by atoms with Crippen LogP contribution in [0.4, 0.5) is 0 Å². The number of hydrogen-bond acceptors (Lipinski definition) is 14. The molecule has 1 aliphatic carbocycles. The maximum absolute atomic E-state index is 14.8. The van der Waals surface area contributed by atoms with Crippen LogP contribution in [-0.2, 0) is 63.8 Å². The van der Waals surface area contributed by atoms with Crippen LogP contribution < -0.4 is 9.47 Å². The Labute approximate surface area is 291 Å². The number of ether oxygens (including phenoxy) is 6. The van der Waals surface area contributed by atoms with Gasteiger partial charge < -0.3 is 28.4 Å². The van der Waals surface area contributed by atoms with Crippen LogP contribution in [0.15, 0.2) is 0 Å². The highest BCUT2D eigenvalue weighted by Gasteiger charge is 2.42. The van der Waals surface area contributed by atoms with Gasteiger partial charge in [0.25, 0.3) is 0 Å². The van der Waals surface area contributed by atoms with E-state index in [-0.39, 0.29) is 97.5 Å². The normalized spacial score (nSPS) is 12.0. The van der Waals surface area contributed by atoms with Crippen molar-refractivity contribution in [3.8, 4) is 11.8 Å². The minimum Gasteiger partial charge on any atom is -0.481 e. The lowest BCUT2D eigenvalue weighted by atomic mass is 9.79. The first-order valence-electron chi connectivity index (χ1n) is 16.9. The number of methoxy groups -OCH3 is 2. The second-order valence-electron chi connectivity index (χ2n) is 11.3. The Balaban J connectivity index is 2.37. The van der Waals surface area contributed by atoms with Crippen LogP contribution in [0.1, 0.15) is 109 Å². The maximum atomic E-state index is 14.8. The molecule has 0 saturated heterocycles. The summed E-state index contributed by atoms with van der Waals surface area (Å²) in [7, 11) is 2.66. The molecule has 0 bridgehead atoms. The maximum Gasteiger partial charge on any atom is 0.320 e. The molecule has 0 atom stereocenters. The molecule has 0 N–H and O–H groups in total. The third-order valence-electron chi connectivity index (χ3n) is 8.12. The topological polar surface area (TPSA) is 184 Å². The van der Waals surface area contributed by atoms with Gasteiger partial charge in [0, 0.05) is 24.0 Å². The zero-order valence-corrected chi connectivity index (χ0v) is 30.0. The van der Waals surface area contributed by atoms with Gasteiger partial charge in [-0.05, 0) is 51.7 Å². The molecule has 3 rings (SSSR count). The summed E-state index contributed by atoms with van der Waals surface area (Å²) in [5, 5.41) is 0. The van der Waals surface area contributed by atoms with Gasteiger partial charge in [-0.15, -0.1) is 0 Å². The lowest BCUT2D eigenvalue weighted by Gasteiger charge is -2.27. The molecule has 14 heteroatoms. The highest BCUT2D eigenvalue weighted by Crippen LogP contribution is 2.40. The van der Waals surface area contributed by atoms with Crippen molar-refractivity contribution in [3.05, 3.63) is 44.8 Å². The van der Waals surface area contributed by atoms with Crippen LogP contribution in [-0.4, -0.2) is 86.1 Å². The van der Waals surface area contributed by atoms with Gasteiger partial charge in [0.05, 0.1) is 51.8 Å². The summed E-state index contributed by atoms with van der Waals surface area (Å²) < 4.78 is 31.9. The van der Waals surface area contributed by atoms with E-state index in [4.69, 9.17) is 28.4 Å². The molecule has 0 fully saturated rings. The first-order chi connectivity index (χ1) is 24.0. The molecule has 50 heavy (non-hydrogen) atoms. The van der Waals surface area contributed by atoms with Crippen LogP contribution in [0, 0.1) is 11.8 Å². The second-order valence-corrected chi connectivity index (χ2v) is 11.3. The number of hydrogen-bond donors (Lipinski definition) is 0. The summed E-state index contributed by atoms with van der Waals surface area (Å²) in [6.45, 7) is 10.3. The first kappa shape index (κ1) is 39.6. The van der Waals surface area contributed by atoms with Gasteiger partial charge in [-0.3, -0.25) is 28.8 Å². The number of esters is 4. The largest absolute Gasteiger partial charge is 0.481 e. The number of rotatable bonds is 18. The monoisotopic (exact) mass is 698 g/mol. The SMILES string of the molecule is CCCc1c(CC(C(=O)OCC)C(=O)OCC)c(OC)nc2c1C(=O)c1c(nc(OC)c(CC(C(=O)OCC)C(=O)OCC)c1CCC)C2=O. The summed E-state index contributed by atoms with van der Waals surface area (Å²) in [6, 6.07) is 0. The zero-order chi connectivity index (χ0) is 37.1. The fourth-order valence-electron chi connectivity index (χ4n) is 6.07. The van der Waals surface area contributed by atoms with Crippen molar-refractivity contribution in [2.75, 3.05) is 40.6 Å². The minimum atomic E-state index is -1.39. The lowest BCUT2D eigenvalue weighted by molar-refractivity contribution is -0.163. The molecule has 0 saturated carbocycles. The molecular formula is C36H46N2O12. The molecule has 2 aromatic heterocycles. The number of ketones is 2. The second kappa shape index (κ2) is 18.2. The van der Waals surface area contributed by atoms with Crippen molar-refractivity contribution < 1.29 is 57.2 Å². The molecule has 0 unspecified atom stereocenters. The lowest BCUT2D eigenvalue weighted by Crippen LogP contribution is -2.33. The van der Waals surface area contributed by atoms with Gasteiger partial charge >= 0.3 is 23.9 Å². The Hall–Kier alpha value is -4.88. The van der Waals surface area contributed by atoms with Gasteiger partial charge in [-0.25, -0.2) is 9.97 Å². The number of aromatic nitrogens is 2. The van der Waals surface area contributed by atoms with E-state index in [1.54, 1.807) is 27.7 Å². The van der Waals surface area contributed by atoms with Crippen molar-refractivity contribution >= 4 is 35.4 Å². The van der Waals surface area contributed by atoms with Gasteiger partial charge in [0.2, 0.25) is 17.5 Å². The molecule has 0 aliphatic heterocycles. The third kappa shape index (κ3) is 8.11. The highest BCUT2D eigenvalue weighted by molar-refractivity contribution is 6.28. The van der Waals surface area contributed by atoms with E-state index >= 15 is 0 Å². The Kier molecular flexibility index (Phi) is 14.4. The molecule has 14 nitrogen and oxygen atoms in total. The van der Waals surface area contributed by atoms with Crippen LogP contribution >= 0.6 is 0 Å². The van der Waals surface area contributed by atoms with Gasteiger partial charge in [0.15, 0.2) is 17.6 Å². The zero-order valence-electron chi connectivity index (χ0n) is 30.0. The average Bonchev–Trinajstić information content (AvgIpc) is 3.09. The predicted octanol–water partition coefficient (Wildman–Crippen LogP) is 3.74. The summed E-state index contributed by atoms with van der Waals surface area (Å²) in [6.07, 6.45) is 1.02. The third-order valence-corrected chi connectivity index (χ3v) is 8.12. The van der Waals surface area contributed by atoms with Gasteiger partial charge in [-0.2, -0.15) is 0 Å². The fraction of sp³-hybridized carbons (Fsp3) is 0.556. The number of fused-ring (bicyclic) bond motifs is 2. The van der Waals surface area contributed by atoms with Gasteiger partial charge in [0.1, 0.15) is 11.4 Å². The van der Waals surface area contributed by atoms with Crippen molar-refractivity contribution in [3.63, 3.8) is 0 Å². The van der Waals surface area contributed by atoms with Crippen LogP contribution in [0.25, 0.3) is 0 Å². The Bertz CT molecular complexity index is 1480. The Morgan fingerprint density at radius 1 is 0.520 bits per heavy atom. The molecule has 2 heterocycles. The van der Waals surface area contributed by atoms with E-state index in [2.05, 4.69) is 9.97 Å². The van der Waals surface area contributed by atoms with Crippen molar-refractivity contribution in [2.24, 2.45) is 11.8 Å². The van der Waals surface area contributed by atoms with E-state index in [0.29, 0.717) is 24.0 Å². The van der Waals surface area contributed by atoms with E-state index in [1.165, 1.54) is 14.2 Å². The van der Waals surface area contributed by atoms with E-state index in [0.717, 1.165) is 0 Å². The summed E-state index contributed by atoms with van der Waals surface area (Å²) in [4.78, 5) is 89.9. The Morgan fingerprint density at radius 2 is 0.840 bits per heavy atom. The van der Waals surface area contributed by atoms with Crippen LogP contribution in [0.2, 0.25) is 0 Å². The minimum absolute atomic E-state index is 0.00535. The molecule has 0 spiro atoms. The predicted molar refractivity (Wildman–Crippen MR) is 177 cm³/mol. The van der Waals surface area contributed by atoms with Crippen molar-refractivity contribution in [1.29, 1.82) is 0 Å².